The van der Waals surface area contributed by atoms with Crippen LogP contribution < -0.4 is 14.2 Å². The van der Waals surface area contributed by atoms with Crippen molar-refractivity contribution in [3.05, 3.63) is 69.8 Å². The molecule has 0 aliphatic carbocycles. The average Bonchev–Trinajstić information content (AvgIpc) is 2.79. The maximum Gasteiger partial charge on any atom is 0.331 e. The van der Waals surface area contributed by atoms with Crippen LogP contribution in [0.4, 0.5) is 0 Å². The van der Waals surface area contributed by atoms with Gasteiger partial charge in [-0.1, -0.05) is 31.2 Å². The van der Waals surface area contributed by atoms with E-state index in [1.54, 1.807) is 6.08 Å². The number of nitrogens with zero attached hydrogens (tertiary/aromatic N) is 1. The second kappa shape index (κ2) is 12.9. The van der Waals surface area contributed by atoms with E-state index in [0.29, 0.717) is 42.5 Å². The largest absolute Gasteiger partial charge is 0.489 e. The lowest BCUT2D eigenvalue weighted by Crippen LogP contribution is -2.33. The zero-order valence-corrected chi connectivity index (χ0v) is 20.8. The maximum atomic E-state index is 11.1. The minimum atomic E-state index is -0.818. The van der Waals surface area contributed by atoms with Crippen molar-refractivity contribution < 1.29 is 24.1 Å². The quantitative estimate of drug-likeness (QED) is 0.442. The summed E-state index contributed by atoms with van der Waals surface area (Å²) in [7, 11) is 0. The minimum absolute atomic E-state index is 0. The van der Waals surface area contributed by atoms with Crippen molar-refractivity contribution in [1.29, 1.82) is 0 Å². The number of ether oxygens (including phenoxy) is 3. The fourth-order valence-corrected chi connectivity index (χ4v) is 4.11. The molecule has 2 aliphatic heterocycles. The number of hydrogen-bond acceptors (Lipinski definition) is 5. The third-order valence-corrected chi connectivity index (χ3v) is 5.81. The SMILES string of the molecule is C.CC(C)Oc1ccc(COc2ccc3c(c2)OCC(CN2CC=C(C(=O)O)CC2)=C3)cc1Cl.Cl. The van der Waals surface area contributed by atoms with Crippen molar-refractivity contribution in [2.75, 3.05) is 26.2 Å². The van der Waals surface area contributed by atoms with Crippen LogP contribution in [0.15, 0.2) is 53.6 Å². The third-order valence-electron chi connectivity index (χ3n) is 5.52. The van der Waals surface area contributed by atoms with E-state index >= 15 is 0 Å². The smallest absolute Gasteiger partial charge is 0.331 e. The fourth-order valence-electron chi connectivity index (χ4n) is 3.86. The lowest BCUT2D eigenvalue weighted by molar-refractivity contribution is -0.133. The van der Waals surface area contributed by atoms with Crippen molar-refractivity contribution in [2.45, 2.75) is 40.4 Å². The molecule has 0 unspecified atom stereocenters. The Hall–Kier alpha value is -2.67. The van der Waals surface area contributed by atoms with Crippen LogP contribution in [0.25, 0.3) is 6.08 Å². The van der Waals surface area contributed by atoms with Gasteiger partial charge in [0.05, 0.1) is 11.1 Å². The Bertz CT molecular complexity index is 1100. The van der Waals surface area contributed by atoms with Crippen LogP contribution in [0.1, 0.15) is 38.8 Å². The zero-order valence-electron chi connectivity index (χ0n) is 19.3. The molecule has 35 heavy (non-hydrogen) atoms. The van der Waals surface area contributed by atoms with Crippen LogP contribution in [0, 0.1) is 0 Å². The highest BCUT2D eigenvalue weighted by Crippen LogP contribution is 2.32. The number of aliphatic carboxylic acids is 1. The van der Waals surface area contributed by atoms with E-state index in [1.165, 1.54) is 5.57 Å². The molecule has 0 aromatic heterocycles. The first kappa shape index (κ1) is 28.6. The summed E-state index contributed by atoms with van der Waals surface area (Å²) in [4.78, 5) is 13.3. The molecule has 0 spiro atoms. The second-order valence-electron chi connectivity index (χ2n) is 8.53. The predicted octanol–water partition coefficient (Wildman–Crippen LogP) is 6.26. The summed E-state index contributed by atoms with van der Waals surface area (Å²) in [6, 6.07) is 11.5. The molecule has 2 heterocycles. The first-order valence-electron chi connectivity index (χ1n) is 11.1. The molecule has 0 amide bonds. The lowest BCUT2D eigenvalue weighted by Gasteiger charge is -2.27. The van der Waals surface area contributed by atoms with E-state index in [0.717, 1.165) is 35.7 Å². The van der Waals surface area contributed by atoms with Crippen molar-refractivity contribution in [2.24, 2.45) is 0 Å². The minimum Gasteiger partial charge on any atom is -0.489 e. The van der Waals surface area contributed by atoms with Gasteiger partial charge in [0.1, 0.15) is 30.5 Å². The van der Waals surface area contributed by atoms with Crippen molar-refractivity contribution in [3.63, 3.8) is 0 Å². The molecule has 0 saturated heterocycles. The molecule has 1 N–H and O–H groups in total. The number of hydrogen-bond donors (Lipinski definition) is 1. The van der Waals surface area contributed by atoms with Gasteiger partial charge in [-0.3, -0.25) is 4.90 Å². The second-order valence-corrected chi connectivity index (χ2v) is 8.94. The molecule has 2 aromatic rings. The van der Waals surface area contributed by atoms with Gasteiger partial charge in [-0.2, -0.15) is 0 Å². The lowest BCUT2D eigenvalue weighted by atomic mass is 10.0. The molecule has 0 saturated carbocycles. The van der Waals surface area contributed by atoms with E-state index in [1.807, 2.05) is 50.2 Å². The number of benzene rings is 2. The number of carboxylic acids is 1. The highest BCUT2D eigenvalue weighted by atomic mass is 35.5. The Labute approximate surface area is 218 Å². The Morgan fingerprint density at radius 1 is 1.23 bits per heavy atom. The van der Waals surface area contributed by atoms with Gasteiger partial charge in [0.15, 0.2) is 0 Å². The molecule has 0 radical (unpaired) electrons. The Balaban J connectivity index is 0.00000216. The number of carbonyl (C=O) groups is 1. The first-order chi connectivity index (χ1) is 15.9. The summed E-state index contributed by atoms with van der Waals surface area (Å²) in [6.45, 7) is 6.98. The number of carboxylic acid groups (broad SMARTS) is 1. The number of rotatable bonds is 8. The van der Waals surface area contributed by atoms with E-state index < -0.39 is 5.97 Å². The highest BCUT2D eigenvalue weighted by Gasteiger charge is 2.19. The summed E-state index contributed by atoms with van der Waals surface area (Å²) in [5, 5.41) is 9.66. The zero-order chi connectivity index (χ0) is 23.4. The standard InChI is InChI=1S/C26H28ClNO5.CH4.ClH/c1-17(2)33-24-6-3-18(12-23(24)27)15-31-22-5-4-21-11-19(16-32-25(21)13-22)14-28-9-7-20(8-10-28)26(29)30;;/h3-7,11-13,17H,8-10,14-16H2,1-2H3,(H,29,30);1H4;1H. The predicted molar refractivity (Wildman–Crippen MR) is 142 cm³/mol. The van der Waals surface area contributed by atoms with E-state index in [2.05, 4.69) is 11.0 Å². The van der Waals surface area contributed by atoms with Crippen LogP contribution >= 0.6 is 24.0 Å². The first-order valence-corrected chi connectivity index (χ1v) is 11.4. The highest BCUT2D eigenvalue weighted by molar-refractivity contribution is 6.32. The molecule has 4 rings (SSSR count). The van der Waals surface area contributed by atoms with Crippen LogP contribution in [-0.4, -0.2) is 48.3 Å². The van der Waals surface area contributed by atoms with Gasteiger partial charge in [0, 0.05) is 36.8 Å². The third kappa shape index (κ3) is 7.66. The Morgan fingerprint density at radius 2 is 2.03 bits per heavy atom. The average molecular weight is 522 g/mol. The summed E-state index contributed by atoms with van der Waals surface area (Å²) in [5.41, 5.74) is 3.64. The molecule has 0 fully saturated rings. The van der Waals surface area contributed by atoms with Gasteiger partial charge in [0.25, 0.3) is 0 Å². The van der Waals surface area contributed by atoms with Gasteiger partial charge < -0.3 is 19.3 Å². The van der Waals surface area contributed by atoms with Gasteiger partial charge in [-0.15, -0.1) is 12.4 Å². The van der Waals surface area contributed by atoms with Gasteiger partial charge >= 0.3 is 5.97 Å². The number of fused-ring (bicyclic) bond motifs is 1. The molecule has 6 nitrogen and oxygen atoms in total. The van der Waals surface area contributed by atoms with E-state index in [9.17, 15) is 4.79 Å². The topological polar surface area (TPSA) is 68.2 Å². The molecule has 2 aromatic carbocycles. The van der Waals surface area contributed by atoms with Gasteiger partial charge in [-0.05, 0) is 61.7 Å². The maximum absolute atomic E-state index is 11.1. The molecule has 2 aliphatic rings. The summed E-state index contributed by atoms with van der Waals surface area (Å²) >= 11 is 6.31. The van der Waals surface area contributed by atoms with Crippen LogP contribution in [0.2, 0.25) is 5.02 Å². The molecular formula is C27H33Cl2NO5. The van der Waals surface area contributed by atoms with Gasteiger partial charge in [-0.25, -0.2) is 4.79 Å². The fraction of sp³-hybridized carbons (Fsp3) is 0.370. The van der Waals surface area contributed by atoms with Crippen LogP contribution in [0.5, 0.6) is 17.2 Å². The van der Waals surface area contributed by atoms with Crippen LogP contribution in [0.3, 0.4) is 0 Å². The number of halogens is 2. The molecule has 0 bridgehead atoms. The van der Waals surface area contributed by atoms with Gasteiger partial charge in [0.2, 0.25) is 0 Å². The molecule has 0 atom stereocenters. The summed E-state index contributed by atoms with van der Waals surface area (Å²) in [5.74, 6) is 1.37. The van der Waals surface area contributed by atoms with Crippen molar-refractivity contribution >= 4 is 36.1 Å². The Morgan fingerprint density at radius 3 is 2.69 bits per heavy atom. The molecular weight excluding hydrogens is 489 g/mol. The molecule has 190 valence electrons. The van der Waals surface area contributed by atoms with Crippen molar-refractivity contribution in [1.82, 2.24) is 4.90 Å². The normalized spacial score (nSPS) is 15.0. The Kier molecular flexibility index (Phi) is 10.5. The summed E-state index contributed by atoms with van der Waals surface area (Å²) < 4.78 is 17.6. The molecule has 8 heteroatoms. The van der Waals surface area contributed by atoms with Crippen LogP contribution in [-0.2, 0) is 11.4 Å². The monoisotopic (exact) mass is 521 g/mol. The van der Waals surface area contributed by atoms with Crippen molar-refractivity contribution in [3.8, 4) is 17.2 Å². The summed E-state index contributed by atoms with van der Waals surface area (Å²) in [6.07, 6.45) is 4.58. The van der Waals surface area contributed by atoms with E-state index in [4.69, 9.17) is 30.9 Å². The van der Waals surface area contributed by atoms with E-state index in [-0.39, 0.29) is 25.9 Å².